The molecule has 2 N–H and O–H groups in total. The fraction of sp³-hybridized carbons (Fsp3) is 0.538. The topological polar surface area (TPSA) is 38.5 Å². The third-order valence-electron chi connectivity index (χ3n) is 3.09. The third-order valence-corrected chi connectivity index (χ3v) is 3.09. The number of nitrogens with two attached hydrogens (primary N) is 1. The van der Waals surface area contributed by atoms with Crippen molar-refractivity contribution >= 4 is 5.69 Å². The van der Waals surface area contributed by atoms with Gasteiger partial charge in [-0.2, -0.15) is 0 Å². The van der Waals surface area contributed by atoms with E-state index in [1.165, 1.54) is 11.3 Å². The van der Waals surface area contributed by atoms with Crippen LogP contribution in [0, 0.1) is 0 Å². The lowest BCUT2D eigenvalue weighted by molar-refractivity contribution is -0.0677. The van der Waals surface area contributed by atoms with Crippen LogP contribution in [0.3, 0.4) is 0 Å². The highest BCUT2D eigenvalue weighted by Crippen LogP contribution is 2.40. The summed E-state index contributed by atoms with van der Waals surface area (Å²) in [6.07, 6.45) is 0.183. The van der Waals surface area contributed by atoms with Crippen molar-refractivity contribution < 1.29 is 4.74 Å². The van der Waals surface area contributed by atoms with Gasteiger partial charge in [-0.3, -0.25) is 0 Å². The lowest BCUT2D eigenvalue weighted by Gasteiger charge is -2.31. The van der Waals surface area contributed by atoms with Gasteiger partial charge in [0.25, 0.3) is 0 Å². The molecular formula is C13H20N2O. The Kier molecular flexibility index (Phi) is 2.91. The van der Waals surface area contributed by atoms with Crippen molar-refractivity contribution in [1.82, 2.24) is 0 Å². The van der Waals surface area contributed by atoms with E-state index in [0.29, 0.717) is 6.54 Å². The summed E-state index contributed by atoms with van der Waals surface area (Å²) in [5.74, 6) is 0. The van der Waals surface area contributed by atoms with Crippen LogP contribution in [0.25, 0.3) is 0 Å². The van der Waals surface area contributed by atoms with Gasteiger partial charge < -0.3 is 15.4 Å². The zero-order valence-electron chi connectivity index (χ0n) is 10.2. The number of para-hydroxylation sites is 1. The molecule has 0 fully saturated rings. The molecule has 0 aliphatic carbocycles. The molecule has 0 radical (unpaired) electrons. The van der Waals surface area contributed by atoms with Gasteiger partial charge in [-0.05, 0) is 19.9 Å². The smallest absolute Gasteiger partial charge is 0.125 e. The van der Waals surface area contributed by atoms with Gasteiger partial charge in [0, 0.05) is 24.8 Å². The summed E-state index contributed by atoms with van der Waals surface area (Å²) >= 11 is 0. The van der Waals surface area contributed by atoms with Gasteiger partial charge in [0.05, 0.1) is 12.6 Å². The first-order chi connectivity index (χ1) is 7.59. The molecule has 1 aliphatic heterocycles. The van der Waals surface area contributed by atoms with Crippen LogP contribution in [0.4, 0.5) is 5.69 Å². The van der Waals surface area contributed by atoms with Crippen LogP contribution >= 0.6 is 0 Å². The van der Waals surface area contributed by atoms with Gasteiger partial charge >= 0.3 is 0 Å². The maximum absolute atomic E-state index is 6.08. The van der Waals surface area contributed by atoms with Gasteiger partial charge in [0.2, 0.25) is 0 Å². The molecule has 3 nitrogen and oxygen atoms in total. The first-order valence-electron chi connectivity index (χ1n) is 5.77. The summed E-state index contributed by atoms with van der Waals surface area (Å²) in [5.41, 5.74) is 8.06. The van der Waals surface area contributed by atoms with Crippen LogP contribution in [0.5, 0.6) is 0 Å². The number of likely N-dealkylation sites (N-methyl/N-ethyl adjacent to an activating group) is 1. The van der Waals surface area contributed by atoms with Crippen LogP contribution in [0.2, 0.25) is 0 Å². The lowest BCUT2D eigenvalue weighted by atomic mass is 9.95. The molecule has 2 rings (SSSR count). The Morgan fingerprint density at radius 1 is 1.44 bits per heavy atom. The van der Waals surface area contributed by atoms with Gasteiger partial charge in [-0.25, -0.2) is 0 Å². The van der Waals surface area contributed by atoms with Crippen molar-refractivity contribution in [3.8, 4) is 0 Å². The van der Waals surface area contributed by atoms with Gasteiger partial charge in [0.15, 0.2) is 0 Å². The molecular weight excluding hydrogens is 200 g/mol. The molecule has 3 heteroatoms. The molecule has 0 amide bonds. The number of anilines is 1. The molecule has 1 aromatic carbocycles. The fourth-order valence-corrected chi connectivity index (χ4v) is 2.52. The second kappa shape index (κ2) is 4.07. The predicted octanol–water partition coefficient (Wildman–Crippen LogP) is 1.72. The van der Waals surface area contributed by atoms with Gasteiger partial charge in [-0.1, -0.05) is 18.2 Å². The van der Waals surface area contributed by atoms with Crippen LogP contribution in [0.15, 0.2) is 24.3 Å². The summed E-state index contributed by atoms with van der Waals surface area (Å²) in [6, 6.07) is 8.34. The van der Waals surface area contributed by atoms with Gasteiger partial charge in [0.1, 0.15) is 5.60 Å². The Morgan fingerprint density at radius 2 is 2.12 bits per heavy atom. The van der Waals surface area contributed by atoms with E-state index in [9.17, 15) is 0 Å². The first-order valence-corrected chi connectivity index (χ1v) is 5.77. The molecule has 1 heterocycles. The predicted molar refractivity (Wildman–Crippen MR) is 66.7 cm³/mol. The average Bonchev–Trinajstić information content (AvgIpc) is 2.53. The zero-order valence-corrected chi connectivity index (χ0v) is 10.2. The number of benzene rings is 1. The summed E-state index contributed by atoms with van der Waals surface area (Å²) in [4.78, 5) is 2.21. The van der Waals surface area contributed by atoms with E-state index in [1.807, 2.05) is 6.07 Å². The molecule has 1 aliphatic rings. The molecule has 0 saturated carbocycles. The Hall–Kier alpha value is -1.06. The van der Waals surface area contributed by atoms with E-state index in [0.717, 1.165) is 6.54 Å². The molecule has 0 bridgehead atoms. The average molecular weight is 220 g/mol. The van der Waals surface area contributed by atoms with E-state index in [-0.39, 0.29) is 11.7 Å². The Balaban J connectivity index is 2.43. The van der Waals surface area contributed by atoms with E-state index in [1.54, 1.807) is 0 Å². The zero-order chi connectivity index (χ0) is 11.8. The van der Waals surface area contributed by atoms with Crippen molar-refractivity contribution in [1.29, 1.82) is 0 Å². The third kappa shape index (κ3) is 1.70. The van der Waals surface area contributed by atoms with Crippen LogP contribution in [-0.2, 0) is 10.3 Å². The van der Waals surface area contributed by atoms with Crippen molar-refractivity contribution in [2.75, 3.05) is 25.0 Å². The second-order valence-corrected chi connectivity index (χ2v) is 4.74. The molecule has 88 valence electrons. The SMILES string of the molecule is CC(C)OC1(CN)CN(C)c2ccccc21. The minimum atomic E-state index is -0.334. The Bertz CT molecular complexity index is 374. The summed E-state index contributed by atoms with van der Waals surface area (Å²) in [5, 5.41) is 0. The van der Waals surface area contributed by atoms with Crippen molar-refractivity contribution in [2.24, 2.45) is 5.73 Å². The summed E-state index contributed by atoms with van der Waals surface area (Å²) < 4.78 is 6.08. The van der Waals surface area contributed by atoms with Crippen molar-refractivity contribution in [3.05, 3.63) is 29.8 Å². The number of hydrogen-bond acceptors (Lipinski definition) is 3. The van der Waals surface area contributed by atoms with Crippen LogP contribution in [0.1, 0.15) is 19.4 Å². The van der Waals surface area contributed by atoms with Crippen LogP contribution in [-0.4, -0.2) is 26.2 Å². The van der Waals surface area contributed by atoms with E-state index < -0.39 is 0 Å². The summed E-state index contributed by atoms with van der Waals surface area (Å²) in [7, 11) is 2.08. The lowest BCUT2D eigenvalue weighted by Crippen LogP contribution is -2.43. The van der Waals surface area contributed by atoms with Crippen LogP contribution < -0.4 is 10.6 Å². The Labute approximate surface area is 97.2 Å². The van der Waals surface area contributed by atoms with E-state index in [4.69, 9.17) is 10.5 Å². The molecule has 1 unspecified atom stereocenters. The number of ether oxygens (including phenoxy) is 1. The highest BCUT2D eigenvalue weighted by atomic mass is 16.5. The molecule has 0 saturated heterocycles. The fourth-order valence-electron chi connectivity index (χ4n) is 2.52. The van der Waals surface area contributed by atoms with Gasteiger partial charge in [-0.15, -0.1) is 0 Å². The van der Waals surface area contributed by atoms with Crippen molar-refractivity contribution in [3.63, 3.8) is 0 Å². The molecule has 1 aromatic rings. The van der Waals surface area contributed by atoms with Crippen molar-refractivity contribution in [2.45, 2.75) is 25.6 Å². The molecule has 0 spiro atoms. The van der Waals surface area contributed by atoms with E-state index >= 15 is 0 Å². The molecule has 1 atom stereocenters. The number of nitrogens with zero attached hydrogens (tertiary/aromatic N) is 1. The Morgan fingerprint density at radius 3 is 2.75 bits per heavy atom. The number of fused-ring (bicyclic) bond motifs is 1. The maximum Gasteiger partial charge on any atom is 0.125 e. The highest BCUT2D eigenvalue weighted by molar-refractivity contribution is 5.61. The highest BCUT2D eigenvalue weighted by Gasteiger charge is 2.41. The monoisotopic (exact) mass is 220 g/mol. The number of hydrogen-bond donors (Lipinski definition) is 1. The normalized spacial score (nSPS) is 23.9. The second-order valence-electron chi connectivity index (χ2n) is 4.74. The first kappa shape index (κ1) is 11.4. The summed E-state index contributed by atoms with van der Waals surface area (Å²) in [6.45, 7) is 5.46. The maximum atomic E-state index is 6.08. The molecule has 0 aromatic heterocycles. The minimum Gasteiger partial charge on any atom is -0.371 e. The largest absolute Gasteiger partial charge is 0.371 e. The van der Waals surface area contributed by atoms with E-state index in [2.05, 4.69) is 44.0 Å². The number of rotatable bonds is 3. The minimum absolute atomic E-state index is 0.183. The quantitative estimate of drug-likeness (QED) is 0.843. The standard InChI is InChI=1S/C13H20N2O/c1-10(2)16-13(8-14)9-15(3)12-7-5-4-6-11(12)13/h4-7,10H,8-9,14H2,1-3H3. The molecule has 16 heavy (non-hydrogen) atoms.